The zero-order valence-electron chi connectivity index (χ0n) is 16.5. The second-order valence-corrected chi connectivity index (χ2v) is 8.91. The lowest BCUT2D eigenvalue weighted by molar-refractivity contribution is 0.482. The number of anilines is 1. The highest BCUT2D eigenvalue weighted by Crippen LogP contribution is 2.39. The third kappa shape index (κ3) is 3.99. The van der Waals surface area contributed by atoms with Crippen molar-refractivity contribution in [1.29, 1.82) is 0 Å². The number of rotatable bonds is 4. The highest BCUT2D eigenvalue weighted by Gasteiger charge is 2.22. The number of sulfonamides is 1. The Kier molecular flexibility index (Phi) is 5.40. The molecule has 0 spiro atoms. The van der Waals surface area contributed by atoms with Crippen molar-refractivity contribution >= 4 is 38.8 Å². The van der Waals surface area contributed by atoms with Gasteiger partial charge in [0.15, 0.2) is 5.75 Å². The minimum Gasteiger partial charge on any atom is -0.454 e. The minimum atomic E-state index is -3.77. The van der Waals surface area contributed by atoms with E-state index in [-0.39, 0.29) is 4.90 Å². The van der Waals surface area contributed by atoms with Crippen LogP contribution in [0, 0.1) is 0 Å². The van der Waals surface area contributed by atoms with Gasteiger partial charge >= 0.3 is 0 Å². The molecule has 0 atom stereocenters. The first-order valence-corrected chi connectivity index (χ1v) is 11.2. The summed E-state index contributed by atoms with van der Waals surface area (Å²) in [5.41, 5.74) is 1.83. The van der Waals surface area contributed by atoms with Gasteiger partial charge in [0.1, 0.15) is 17.3 Å². The Hall–Kier alpha value is -3.03. The van der Waals surface area contributed by atoms with E-state index in [1.807, 2.05) is 43.1 Å². The molecule has 30 heavy (non-hydrogen) atoms. The summed E-state index contributed by atoms with van der Waals surface area (Å²) < 4.78 is 34.2. The van der Waals surface area contributed by atoms with Crippen molar-refractivity contribution in [3.8, 4) is 11.5 Å². The number of aliphatic imine (C=N–C) groups is 1. The number of nitrogens with one attached hydrogen (secondary N) is 1. The van der Waals surface area contributed by atoms with Gasteiger partial charge in [-0.2, -0.15) is 0 Å². The molecule has 0 saturated carbocycles. The molecule has 154 valence electrons. The van der Waals surface area contributed by atoms with E-state index in [2.05, 4.69) is 4.72 Å². The molecule has 0 fully saturated rings. The number of amidine groups is 1. The largest absolute Gasteiger partial charge is 0.454 e. The van der Waals surface area contributed by atoms with Crippen molar-refractivity contribution in [2.45, 2.75) is 11.8 Å². The number of benzene rings is 3. The van der Waals surface area contributed by atoms with Crippen LogP contribution in [0.5, 0.6) is 11.5 Å². The van der Waals surface area contributed by atoms with E-state index in [9.17, 15) is 8.42 Å². The number of nitrogens with zero attached hydrogens (tertiary/aromatic N) is 2. The van der Waals surface area contributed by atoms with Gasteiger partial charge in [0.2, 0.25) is 0 Å². The molecule has 0 aliphatic carbocycles. The third-order valence-corrected chi connectivity index (χ3v) is 6.39. The predicted octanol–water partition coefficient (Wildman–Crippen LogP) is 5.28. The lowest BCUT2D eigenvalue weighted by atomic mass is 10.1. The van der Waals surface area contributed by atoms with E-state index in [1.54, 1.807) is 30.3 Å². The average molecular weight is 442 g/mol. The summed E-state index contributed by atoms with van der Waals surface area (Å²) in [4.78, 5) is 6.90. The molecule has 1 N–H and O–H groups in total. The first-order valence-electron chi connectivity index (χ1n) is 9.37. The molecule has 0 saturated heterocycles. The molecule has 4 rings (SSSR count). The predicted molar refractivity (Wildman–Crippen MR) is 120 cm³/mol. The van der Waals surface area contributed by atoms with Crippen molar-refractivity contribution in [2.24, 2.45) is 4.99 Å². The molecule has 0 aromatic heterocycles. The van der Waals surface area contributed by atoms with Crippen LogP contribution >= 0.6 is 11.6 Å². The molecule has 3 aromatic rings. The van der Waals surface area contributed by atoms with Crippen LogP contribution in [0.2, 0.25) is 5.02 Å². The number of hydrogen-bond acceptors (Lipinski definition) is 5. The zero-order chi connectivity index (χ0) is 21.3. The van der Waals surface area contributed by atoms with Crippen LogP contribution < -0.4 is 9.46 Å². The van der Waals surface area contributed by atoms with Crippen LogP contribution in [0.3, 0.4) is 0 Å². The monoisotopic (exact) mass is 441 g/mol. The molecule has 0 bridgehead atoms. The van der Waals surface area contributed by atoms with Crippen LogP contribution in [-0.2, 0) is 10.0 Å². The standard InChI is InChI=1S/C22H20ClN3O3S/c1-3-26(2)22-18-14-16(25-30(27,28)17-11-8-15(23)9-12-17)10-13-20(18)29-21-7-5-4-6-19(21)24-22/h4-14,25H,3H2,1-2H3. The summed E-state index contributed by atoms with van der Waals surface area (Å²) in [5.74, 6) is 1.95. The number of para-hydroxylation sites is 2. The van der Waals surface area contributed by atoms with E-state index in [4.69, 9.17) is 21.3 Å². The highest BCUT2D eigenvalue weighted by atomic mass is 35.5. The molecule has 0 unspecified atom stereocenters. The molecule has 0 amide bonds. The first-order chi connectivity index (χ1) is 14.4. The lowest BCUT2D eigenvalue weighted by Gasteiger charge is -2.20. The normalized spacial score (nSPS) is 12.7. The molecule has 1 aliphatic rings. The van der Waals surface area contributed by atoms with Crippen molar-refractivity contribution in [1.82, 2.24) is 4.90 Å². The summed E-state index contributed by atoms with van der Waals surface area (Å²) in [6.07, 6.45) is 0. The van der Waals surface area contributed by atoms with Crippen molar-refractivity contribution in [2.75, 3.05) is 18.3 Å². The molecule has 8 heteroatoms. The van der Waals surface area contributed by atoms with Gasteiger partial charge in [-0.15, -0.1) is 0 Å². The van der Waals surface area contributed by atoms with Crippen LogP contribution in [0.15, 0.2) is 76.6 Å². The maximum absolute atomic E-state index is 12.8. The SMILES string of the molecule is CCN(C)C1=Nc2ccccc2Oc2ccc(NS(=O)(=O)c3ccc(Cl)cc3)cc21. The van der Waals surface area contributed by atoms with Gasteiger partial charge in [-0.05, 0) is 61.5 Å². The smallest absolute Gasteiger partial charge is 0.261 e. The number of ether oxygens (including phenoxy) is 1. The van der Waals surface area contributed by atoms with Crippen molar-refractivity contribution < 1.29 is 13.2 Å². The van der Waals surface area contributed by atoms with Gasteiger partial charge < -0.3 is 9.64 Å². The van der Waals surface area contributed by atoms with Gasteiger partial charge in [-0.1, -0.05) is 23.7 Å². The molecule has 3 aromatic carbocycles. The number of fused-ring (bicyclic) bond motifs is 2. The van der Waals surface area contributed by atoms with Gasteiger partial charge in [0.25, 0.3) is 10.0 Å². The highest BCUT2D eigenvalue weighted by molar-refractivity contribution is 7.92. The van der Waals surface area contributed by atoms with Crippen LogP contribution in [0.1, 0.15) is 12.5 Å². The Balaban J connectivity index is 1.76. The van der Waals surface area contributed by atoms with E-state index in [0.29, 0.717) is 39.3 Å². The van der Waals surface area contributed by atoms with E-state index < -0.39 is 10.0 Å². The molecule has 6 nitrogen and oxygen atoms in total. The Morgan fingerprint density at radius 3 is 2.50 bits per heavy atom. The third-order valence-electron chi connectivity index (χ3n) is 4.74. The number of hydrogen-bond donors (Lipinski definition) is 1. The van der Waals surface area contributed by atoms with Crippen molar-refractivity contribution in [3.63, 3.8) is 0 Å². The zero-order valence-corrected chi connectivity index (χ0v) is 18.0. The Labute approximate surface area is 180 Å². The molecule has 1 aliphatic heterocycles. The number of halogens is 1. The van der Waals surface area contributed by atoms with E-state index in [0.717, 1.165) is 6.54 Å². The van der Waals surface area contributed by atoms with E-state index >= 15 is 0 Å². The second-order valence-electron chi connectivity index (χ2n) is 6.79. The summed E-state index contributed by atoms with van der Waals surface area (Å²) >= 11 is 5.87. The van der Waals surface area contributed by atoms with Gasteiger partial charge in [0.05, 0.1) is 10.5 Å². The fourth-order valence-electron chi connectivity index (χ4n) is 3.05. The van der Waals surface area contributed by atoms with Gasteiger partial charge in [-0.25, -0.2) is 13.4 Å². The van der Waals surface area contributed by atoms with Crippen LogP contribution in [0.25, 0.3) is 0 Å². The van der Waals surface area contributed by atoms with Gasteiger partial charge in [0, 0.05) is 24.3 Å². The second kappa shape index (κ2) is 8.01. The fourth-order valence-corrected chi connectivity index (χ4v) is 4.23. The maximum Gasteiger partial charge on any atom is 0.261 e. The lowest BCUT2D eigenvalue weighted by Crippen LogP contribution is -2.27. The Morgan fingerprint density at radius 1 is 1.03 bits per heavy atom. The van der Waals surface area contributed by atoms with E-state index in [1.165, 1.54) is 12.1 Å². The molecular formula is C22H20ClN3O3S. The first kappa shape index (κ1) is 20.3. The molecule has 0 radical (unpaired) electrons. The van der Waals surface area contributed by atoms with Gasteiger partial charge in [-0.3, -0.25) is 4.72 Å². The summed E-state index contributed by atoms with van der Waals surface area (Å²) in [5, 5.41) is 0.471. The summed E-state index contributed by atoms with van der Waals surface area (Å²) in [6, 6.07) is 18.7. The Morgan fingerprint density at radius 2 is 1.77 bits per heavy atom. The fraction of sp³-hybridized carbons (Fsp3) is 0.136. The quantitative estimate of drug-likeness (QED) is 0.598. The average Bonchev–Trinajstić information content (AvgIpc) is 2.90. The van der Waals surface area contributed by atoms with Crippen LogP contribution in [0.4, 0.5) is 11.4 Å². The maximum atomic E-state index is 12.8. The molecular weight excluding hydrogens is 422 g/mol. The summed E-state index contributed by atoms with van der Waals surface area (Å²) in [7, 11) is -1.83. The summed E-state index contributed by atoms with van der Waals surface area (Å²) in [6.45, 7) is 2.74. The van der Waals surface area contributed by atoms with Crippen LogP contribution in [-0.4, -0.2) is 32.7 Å². The molecule has 1 heterocycles. The minimum absolute atomic E-state index is 0.130. The Bertz CT molecular complexity index is 1220. The van der Waals surface area contributed by atoms with Crippen molar-refractivity contribution in [3.05, 3.63) is 77.3 Å². The topological polar surface area (TPSA) is 71.0 Å².